The number of hydrogen-bond acceptors (Lipinski definition) is 3. The summed E-state index contributed by atoms with van der Waals surface area (Å²) < 4.78 is 2.05. The van der Waals surface area contributed by atoms with Crippen molar-refractivity contribution in [3.05, 3.63) is 54.1 Å². The molecule has 142 valence electrons. The minimum Gasteiger partial charge on any atom is -0.370 e. The fourth-order valence-electron chi connectivity index (χ4n) is 3.41. The molecule has 7 heteroatoms. The summed E-state index contributed by atoms with van der Waals surface area (Å²) >= 11 is 0. The Hall–Kier alpha value is -1.61. The molecule has 1 unspecified atom stereocenters. The number of rotatable bonds is 7. The van der Waals surface area contributed by atoms with Crippen molar-refractivity contribution in [2.24, 2.45) is 10.7 Å². The predicted molar refractivity (Wildman–Crippen MR) is 117 cm³/mol. The van der Waals surface area contributed by atoms with Crippen molar-refractivity contribution >= 4 is 29.9 Å². The van der Waals surface area contributed by atoms with Gasteiger partial charge in [-0.2, -0.15) is 0 Å². The lowest BCUT2D eigenvalue weighted by atomic mass is 10.1. The Kier molecular flexibility index (Phi) is 8.37. The highest BCUT2D eigenvalue weighted by molar-refractivity contribution is 14.0. The lowest BCUT2D eigenvalue weighted by molar-refractivity contribution is 0.267. The zero-order valence-electron chi connectivity index (χ0n) is 15.3. The van der Waals surface area contributed by atoms with Crippen LogP contribution in [0.1, 0.15) is 30.9 Å². The van der Waals surface area contributed by atoms with Gasteiger partial charge in [-0.25, -0.2) is 9.98 Å². The summed E-state index contributed by atoms with van der Waals surface area (Å²) in [6.45, 7) is 6.81. The van der Waals surface area contributed by atoms with E-state index in [1.807, 2.05) is 12.5 Å². The normalized spacial score (nSPS) is 17.9. The molecule has 1 saturated heterocycles. The van der Waals surface area contributed by atoms with Gasteiger partial charge in [0.15, 0.2) is 5.96 Å². The molecule has 26 heavy (non-hydrogen) atoms. The molecule has 0 radical (unpaired) electrons. The van der Waals surface area contributed by atoms with E-state index in [-0.39, 0.29) is 24.0 Å². The molecule has 3 rings (SSSR count). The van der Waals surface area contributed by atoms with E-state index in [9.17, 15) is 0 Å². The minimum absolute atomic E-state index is 0. The quantitative estimate of drug-likeness (QED) is 0.372. The van der Waals surface area contributed by atoms with Crippen LogP contribution in [0.2, 0.25) is 0 Å². The molecule has 2 heterocycles. The third-order valence-electron chi connectivity index (χ3n) is 4.77. The van der Waals surface area contributed by atoms with Gasteiger partial charge in [0.05, 0.1) is 12.9 Å². The monoisotopic (exact) mass is 468 g/mol. The van der Waals surface area contributed by atoms with Crippen LogP contribution >= 0.6 is 24.0 Å². The summed E-state index contributed by atoms with van der Waals surface area (Å²) in [5.74, 6) is 0.531. The molecule has 1 aromatic heterocycles. The van der Waals surface area contributed by atoms with E-state index in [4.69, 9.17) is 5.73 Å². The van der Waals surface area contributed by atoms with Crippen molar-refractivity contribution in [2.75, 3.05) is 19.6 Å². The van der Waals surface area contributed by atoms with Gasteiger partial charge in [0.1, 0.15) is 0 Å². The highest BCUT2D eigenvalue weighted by atomic mass is 127. The van der Waals surface area contributed by atoms with E-state index < -0.39 is 0 Å². The second-order valence-corrected chi connectivity index (χ2v) is 6.56. The number of aromatic nitrogens is 2. The molecule has 1 aliphatic heterocycles. The molecule has 0 saturated carbocycles. The van der Waals surface area contributed by atoms with Gasteiger partial charge in [0.25, 0.3) is 0 Å². The largest absolute Gasteiger partial charge is 0.370 e. The molecular formula is C19H29IN6. The summed E-state index contributed by atoms with van der Waals surface area (Å²) in [4.78, 5) is 11.1. The molecule has 0 aliphatic carbocycles. The lowest BCUT2D eigenvalue weighted by Gasteiger charge is -2.23. The van der Waals surface area contributed by atoms with Gasteiger partial charge in [-0.3, -0.25) is 4.90 Å². The second-order valence-electron chi connectivity index (χ2n) is 6.56. The zero-order valence-corrected chi connectivity index (χ0v) is 17.7. The van der Waals surface area contributed by atoms with Crippen LogP contribution in [0.15, 0.2) is 48.0 Å². The SMILES string of the molecule is CCN1CCCC1CNC(N)=NCc1cccc(Cn2ccnc2)c1.I. The maximum atomic E-state index is 6.04. The maximum absolute atomic E-state index is 6.04. The molecule has 0 bridgehead atoms. The van der Waals surface area contributed by atoms with Crippen molar-refractivity contribution in [2.45, 2.75) is 38.9 Å². The van der Waals surface area contributed by atoms with E-state index in [1.165, 1.54) is 30.5 Å². The first-order chi connectivity index (χ1) is 12.2. The Bertz CT molecular complexity index is 685. The van der Waals surface area contributed by atoms with E-state index in [1.54, 1.807) is 6.20 Å². The molecule has 1 aromatic carbocycles. The molecular weight excluding hydrogens is 439 g/mol. The number of likely N-dealkylation sites (N-methyl/N-ethyl adjacent to an activating group) is 1. The third-order valence-corrected chi connectivity index (χ3v) is 4.77. The van der Waals surface area contributed by atoms with Crippen molar-refractivity contribution in [1.82, 2.24) is 19.8 Å². The molecule has 6 nitrogen and oxygen atoms in total. The van der Waals surface area contributed by atoms with E-state index in [0.717, 1.165) is 19.6 Å². The Morgan fingerprint density at radius 1 is 1.38 bits per heavy atom. The number of aliphatic imine (C=N–C) groups is 1. The summed E-state index contributed by atoms with van der Waals surface area (Å²) in [6.07, 6.45) is 8.11. The van der Waals surface area contributed by atoms with Gasteiger partial charge in [0, 0.05) is 31.5 Å². The van der Waals surface area contributed by atoms with Crippen LogP contribution in [0, 0.1) is 0 Å². The highest BCUT2D eigenvalue weighted by Gasteiger charge is 2.22. The molecule has 3 N–H and O–H groups in total. The number of nitrogens with two attached hydrogens (primary N) is 1. The van der Waals surface area contributed by atoms with Crippen LogP contribution in [-0.2, 0) is 13.1 Å². The van der Waals surface area contributed by atoms with Crippen molar-refractivity contribution < 1.29 is 0 Å². The van der Waals surface area contributed by atoms with Crippen molar-refractivity contribution in [3.8, 4) is 0 Å². The van der Waals surface area contributed by atoms with Gasteiger partial charge in [-0.15, -0.1) is 24.0 Å². The van der Waals surface area contributed by atoms with Gasteiger partial charge in [0.2, 0.25) is 0 Å². The number of likely N-dealkylation sites (tertiary alicyclic amines) is 1. The number of benzene rings is 1. The standard InChI is InChI=1S/C19H28N6.HI/c1-2-25-9-4-7-18(25)13-23-19(20)22-12-16-5-3-6-17(11-16)14-24-10-8-21-15-24;/h3,5-6,8,10-11,15,18H,2,4,7,9,12-14H2,1H3,(H3,20,22,23);1H. The van der Waals surface area contributed by atoms with Crippen LogP contribution in [0.3, 0.4) is 0 Å². The summed E-state index contributed by atoms with van der Waals surface area (Å²) in [5.41, 5.74) is 8.45. The molecule has 2 aromatic rings. The number of hydrogen-bond donors (Lipinski definition) is 2. The Morgan fingerprint density at radius 2 is 2.23 bits per heavy atom. The van der Waals surface area contributed by atoms with E-state index in [2.05, 4.69) is 55.9 Å². The van der Waals surface area contributed by atoms with Gasteiger partial charge in [-0.05, 0) is 37.1 Å². The fourth-order valence-corrected chi connectivity index (χ4v) is 3.41. The van der Waals surface area contributed by atoms with Crippen molar-refractivity contribution in [1.29, 1.82) is 0 Å². The highest BCUT2D eigenvalue weighted by Crippen LogP contribution is 2.15. The van der Waals surface area contributed by atoms with Crippen LogP contribution in [0.5, 0.6) is 0 Å². The van der Waals surface area contributed by atoms with E-state index in [0.29, 0.717) is 18.5 Å². The minimum atomic E-state index is 0. The van der Waals surface area contributed by atoms with Gasteiger partial charge >= 0.3 is 0 Å². The topological polar surface area (TPSA) is 71.5 Å². The average Bonchev–Trinajstić information content (AvgIpc) is 3.29. The van der Waals surface area contributed by atoms with Crippen LogP contribution in [-0.4, -0.2) is 46.1 Å². The Balaban J connectivity index is 0.00000243. The number of halogens is 1. The second kappa shape index (κ2) is 10.5. The summed E-state index contributed by atoms with van der Waals surface area (Å²) in [6, 6.07) is 9.03. The van der Waals surface area contributed by atoms with E-state index >= 15 is 0 Å². The summed E-state index contributed by atoms with van der Waals surface area (Å²) in [5, 5.41) is 3.28. The smallest absolute Gasteiger partial charge is 0.188 e. The molecule has 1 aliphatic rings. The number of nitrogens with zero attached hydrogens (tertiary/aromatic N) is 4. The molecule has 0 spiro atoms. The number of nitrogens with one attached hydrogen (secondary N) is 1. The first kappa shape index (κ1) is 20.7. The number of imidazole rings is 1. The van der Waals surface area contributed by atoms with Gasteiger partial charge < -0.3 is 15.6 Å². The van der Waals surface area contributed by atoms with Gasteiger partial charge in [-0.1, -0.05) is 31.2 Å². The Labute approximate surface area is 172 Å². The molecule has 1 fully saturated rings. The number of guanidine groups is 1. The zero-order chi connectivity index (χ0) is 17.5. The van der Waals surface area contributed by atoms with Crippen LogP contribution in [0.4, 0.5) is 0 Å². The lowest BCUT2D eigenvalue weighted by Crippen LogP contribution is -2.42. The van der Waals surface area contributed by atoms with Crippen LogP contribution < -0.4 is 11.1 Å². The Morgan fingerprint density at radius 3 is 3.00 bits per heavy atom. The first-order valence-electron chi connectivity index (χ1n) is 9.06. The third kappa shape index (κ3) is 5.98. The summed E-state index contributed by atoms with van der Waals surface area (Å²) in [7, 11) is 0. The molecule has 0 amide bonds. The van der Waals surface area contributed by atoms with Crippen LogP contribution in [0.25, 0.3) is 0 Å². The first-order valence-corrected chi connectivity index (χ1v) is 9.06. The fraction of sp³-hybridized carbons (Fsp3) is 0.474. The average molecular weight is 468 g/mol. The van der Waals surface area contributed by atoms with Crippen molar-refractivity contribution in [3.63, 3.8) is 0 Å². The molecule has 1 atom stereocenters. The predicted octanol–water partition coefficient (Wildman–Crippen LogP) is 2.44. The maximum Gasteiger partial charge on any atom is 0.188 e.